The molecule has 35 heavy (non-hydrogen) atoms. The lowest BCUT2D eigenvalue weighted by molar-refractivity contribution is -0.123. The monoisotopic (exact) mass is 532 g/mol. The highest BCUT2D eigenvalue weighted by molar-refractivity contribution is 8.26. The summed E-state index contributed by atoms with van der Waals surface area (Å²) in [5.74, 6) is 0.410. The number of nitrogens with zero attached hydrogens (tertiary/aromatic N) is 1. The number of amides is 2. The molecule has 0 unspecified atom stereocenters. The normalized spacial score (nSPS) is 18.9. The molecule has 2 aliphatic heterocycles. The van der Waals surface area contributed by atoms with Gasteiger partial charge in [0.2, 0.25) is 0 Å². The number of hydrogen-bond donors (Lipinski definition) is 1. The zero-order chi connectivity index (χ0) is 24.9. The van der Waals surface area contributed by atoms with Gasteiger partial charge in [-0.2, -0.15) is 0 Å². The molecule has 1 N–H and O–H groups in total. The second-order valence-electron chi connectivity index (χ2n) is 8.13. The molecule has 2 saturated heterocycles. The van der Waals surface area contributed by atoms with Gasteiger partial charge in [-0.05, 0) is 61.2 Å². The van der Waals surface area contributed by atoms with Gasteiger partial charge in [0.15, 0.2) is 18.1 Å². The predicted molar refractivity (Wildman–Crippen MR) is 142 cm³/mol. The van der Waals surface area contributed by atoms with E-state index < -0.39 is 0 Å². The molecule has 2 aromatic rings. The Labute approximate surface area is 218 Å². The fourth-order valence-corrected chi connectivity index (χ4v) is 5.20. The summed E-state index contributed by atoms with van der Waals surface area (Å²) >= 11 is 12.7. The molecular weight excluding hydrogens is 508 g/mol. The molecular formula is C25H25ClN2O5S2. The number of halogens is 1. The number of anilines is 1. The third-order valence-corrected chi connectivity index (χ3v) is 7.21. The summed E-state index contributed by atoms with van der Waals surface area (Å²) in [4.78, 5) is 27.4. The van der Waals surface area contributed by atoms with Crippen molar-refractivity contribution in [2.24, 2.45) is 0 Å². The first-order chi connectivity index (χ1) is 16.8. The third-order valence-electron chi connectivity index (χ3n) is 5.60. The molecule has 2 amide bonds. The summed E-state index contributed by atoms with van der Waals surface area (Å²) in [6.07, 6.45) is 3.75. The number of nitrogens with one attached hydrogen (secondary N) is 1. The van der Waals surface area contributed by atoms with Crippen LogP contribution in [-0.4, -0.2) is 54.0 Å². The third kappa shape index (κ3) is 6.35. The van der Waals surface area contributed by atoms with Gasteiger partial charge in [-0.1, -0.05) is 47.7 Å². The van der Waals surface area contributed by atoms with Gasteiger partial charge in [-0.3, -0.25) is 14.5 Å². The second kappa shape index (κ2) is 11.4. The summed E-state index contributed by atoms with van der Waals surface area (Å²) in [6, 6.07) is 10.5. The van der Waals surface area contributed by atoms with Gasteiger partial charge >= 0.3 is 0 Å². The minimum atomic E-state index is -0.323. The van der Waals surface area contributed by atoms with E-state index in [9.17, 15) is 9.59 Å². The Balaban J connectivity index is 1.40. The molecule has 0 saturated carbocycles. The molecule has 0 aromatic heterocycles. The van der Waals surface area contributed by atoms with Gasteiger partial charge in [-0.15, -0.1) is 0 Å². The van der Waals surface area contributed by atoms with E-state index in [1.807, 2.05) is 13.0 Å². The van der Waals surface area contributed by atoms with Crippen LogP contribution in [0.4, 0.5) is 5.69 Å². The number of thioether (sulfide) groups is 1. The standard InChI is InChI=1S/C25H25ClN2O5S2/c1-15-5-7-17(26)12-19(15)27-23(29)14-33-20-8-6-16(10-21(20)31-2)11-22-24(30)28(25(34)35-22)13-18-4-3-9-32-18/h5-8,10-12,18H,3-4,9,13-14H2,1-2H3,(H,27,29)/b22-11-/t18-/m1/s1. The van der Waals surface area contributed by atoms with Crippen LogP contribution in [0.1, 0.15) is 24.0 Å². The fraction of sp³-hybridized carbons (Fsp3) is 0.320. The Kier molecular flexibility index (Phi) is 8.33. The highest BCUT2D eigenvalue weighted by atomic mass is 35.5. The summed E-state index contributed by atoms with van der Waals surface area (Å²) in [5, 5.41) is 3.33. The van der Waals surface area contributed by atoms with Crippen LogP contribution in [0.3, 0.4) is 0 Å². The first-order valence-corrected chi connectivity index (χ1v) is 12.7. The van der Waals surface area contributed by atoms with Gasteiger partial charge in [0.25, 0.3) is 11.8 Å². The number of ether oxygens (including phenoxy) is 3. The quantitative estimate of drug-likeness (QED) is 0.376. The van der Waals surface area contributed by atoms with Crippen LogP contribution in [-0.2, 0) is 14.3 Å². The first-order valence-electron chi connectivity index (χ1n) is 11.1. The Hall–Kier alpha value is -2.59. The van der Waals surface area contributed by atoms with Crippen molar-refractivity contribution in [2.75, 3.05) is 32.2 Å². The Bertz CT molecular complexity index is 1180. The molecule has 4 rings (SSSR count). The molecule has 2 aliphatic rings. The number of carbonyl (C=O) groups excluding carboxylic acids is 2. The highest BCUT2D eigenvalue weighted by Gasteiger charge is 2.34. The molecule has 0 aliphatic carbocycles. The maximum Gasteiger partial charge on any atom is 0.266 e. The number of methoxy groups -OCH3 is 1. The second-order valence-corrected chi connectivity index (χ2v) is 10.2. The molecule has 0 spiro atoms. The number of carbonyl (C=O) groups is 2. The summed E-state index contributed by atoms with van der Waals surface area (Å²) in [6.45, 7) is 2.88. The molecule has 10 heteroatoms. The van der Waals surface area contributed by atoms with Crippen LogP contribution in [0, 0.1) is 6.92 Å². The molecule has 184 valence electrons. The van der Waals surface area contributed by atoms with E-state index in [1.54, 1.807) is 41.3 Å². The summed E-state index contributed by atoms with van der Waals surface area (Å²) in [5.41, 5.74) is 2.28. The minimum absolute atomic E-state index is 0.0355. The van der Waals surface area contributed by atoms with Crippen molar-refractivity contribution in [3.63, 3.8) is 0 Å². The van der Waals surface area contributed by atoms with Crippen LogP contribution in [0.2, 0.25) is 5.02 Å². The Morgan fingerprint density at radius 2 is 2.14 bits per heavy atom. The van der Waals surface area contributed by atoms with Crippen molar-refractivity contribution in [1.29, 1.82) is 0 Å². The van der Waals surface area contributed by atoms with Gasteiger partial charge in [0, 0.05) is 17.3 Å². The number of rotatable bonds is 8. The average molecular weight is 533 g/mol. The van der Waals surface area contributed by atoms with Crippen molar-refractivity contribution in [2.45, 2.75) is 25.9 Å². The summed E-state index contributed by atoms with van der Waals surface area (Å²) < 4.78 is 17.3. The van der Waals surface area contributed by atoms with E-state index in [0.717, 1.165) is 30.6 Å². The van der Waals surface area contributed by atoms with E-state index in [-0.39, 0.29) is 24.5 Å². The highest BCUT2D eigenvalue weighted by Crippen LogP contribution is 2.35. The number of aryl methyl sites for hydroxylation is 1. The Morgan fingerprint density at radius 3 is 2.89 bits per heavy atom. The average Bonchev–Trinajstić information content (AvgIpc) is 3.44. The lowest BCUT2D eigenvalue weighted by Crippen LogP contribution is -2.35. The van der Waals surface area contributed by atoms with E-state index >= 15 is 0 Å². The molecule has 1 atom stereocenters. The number of hydrogen-bond acceptors (Lipinski definition) is 7. The lowest BCUT2D eigenvalue weighted by atomic mass is 10.1. The summed E-state index contributed by atoms with van der Waals surface area (Å²) in [7, 11) is 1.52. The topological polar surface area (TPSA) is 77.1 Å². The van der Waals surface area contributed by atoms with Crippen LogP contribution in [0.25, 0.3) is 6.08 Å². The lowest BCUT2D eigenvalue weighted by Gasteiger charge is -2.18. The molecule has 2 fully saturated rings. The molecule has 2 aromatic carbocycles. The predicted octanol–water partition coefficient (Wildman–Crippen LogP) is 5.05. The van der Waals surface area contributed by atoms with E-state index in [1.165, 1.54) is 18.9 Å². The number of thiocarbonyl (C=S) groups is 1. The molecule has 2 heterocycles. The maximum absolute atomic E-state index is 12.9. The minimum Gasteiger partial charge on any atom is -0.493 e. The Morgan fingerprint density at radius 1 is 1.31 bits per heavy atom. The smallest absolute Gasteiger partial charge is 0.266 e. The van der Waals surface area contributed by atoms with Crippen LogP contribution in [0.15, 0.2) is 41.3 Å². The van der Waals surface area contributed by atoms with Gasteiger partial charge in [0.1, 0.15) is 4.32 Å². The van der Waals surface area contributed by atoms with Gasteiger partial charge < -0.3 is 19.5 Å². The van der Waals surface area contributed by atoms with Crippen molar-refractivity contribution >= 4 is 63.5 Å². The maximum atomic E-state index is 12.9. The van der Waals surface area contributed by atoms with Crippen LogP contribution in [0.5, 0.6) is 11.5 Å². The van der Waals surface area contributed by atoms with Crippen LogP contribution >= 0.6 is 35.6 Å². The van der Waals surface area contributed by atoms with E-state index in [4.69, 9.17) is 38.0 Å². The number of benzene rings is 2. The van der Waals surface area contributed by atoms with Gasteiger partial charge in [-0.25, -0.2) is 0 Å². The van der Waals surface area contributed by atoms with E-state index in [2.05, 4.69) is 5.32 Å². The van der Waals surface area contributed by atoms with Crippen molar-refractivity contribution < 1.29 is 23.8 Å². The first kappa shape index (κ1) is 25.5. The van der Waals surface area contributed by atoms with Crippen molar-refractivity contribution in [3.8, 4) is 11.5 Å². The fourth-order valence-electron chi connectivity index (χ4n) is 3.75. The van der Waals surface area contributed by atoms with E-state index in [0.29, 0.717) is 38.0 Å². The van der Waals surface area contributed by atoms with Crippen molar-refractivity contribution in [1.82, 2.24) is 4.90 Å². The van der Waals surface area contributed by atoms with Crippen molar-refractivity contribution in [3.05, 3.63) is 57.5 Å². The zero-order valence-corrected chi connectivity index (χ0v) is 21.7. The SMILES string of the molecule is COc1cc(/C=C2\SC(=S)N(C[C@H]3CCCO3)C2=O)ccc1OCC(=O)Nc1cc(Cl)ccc1C. The van der Waals surface area contributed by atoms with Gasteiger partial charge in [0.05, 0.1) is 24.7 Å². The molecule has 0 radical (unpaired) electrons. The van der Waals surface area contributed by atoms with Crippen LogP contribution < -0.4 is 14.8 Å². The molecule has 0 bridgehead atoms. The zero-order valence-electron chi connectivity index (χ0n) is 19.3. The largest absolute Gasteiger partial charge is 0.493 e. The molecule has 7 nitrogen and oxygen atoms in total.